The Hall–Kier alpha value is -1.02. The number of nitrogens with one attached hydrogen (secondary N) is 2. The van der Waals surface area contributed by atoms with Gasteiger partial charge in [-0.1, -0.05) is 37.6 Å². The Bertz CT molecular complexity index is 592. The number of rotatable bonds is 4. The number of aliphatic imine (C=N–C) groups is 1. The maximum Gasteiger partial charge on any atom is 0.252 e. The third-order valence-corrected chi connectivity index (χ3v) is 4.33. The van der Waals surface area contributed by atoms with Crippen LogP contribution in [0.1, 0.15) is 30.6 Å². The predicted molar refractivity (Wildman–Crippen MR) is 111 cm³/mol. The number of halogens is 2. The van der Waals surface area contributed by atoms with Crippen molar-refractivity contribution in [2.24, 2.45) is 10.4 Å². The van der Waals surface area contributed by atoms with E-state index in [1.165, 1.54) is 0 Å². The van der Waals surface area contributed by atoms with E-state index in [1.54, 1.807) is 25.2 Å². The van der Waals surface area contributed by atoms with Gasteiger partial charge in [-0.2, -0.15) is 0 Å². The van der Waals surface area contributed by atoms with Gasteiger partial charge in [-0.05, 0) is 24.0 Å². The lowest BCUT2D eigenvalue weighted by molar-refractivity contribution is 0.0954. The molecule has 5 nitrogen and oxygen atoms in total. The van der Waals surface area contributed by atoms with Gasteiger partial charge in [-0.25, -0.2) is 0 Å². The van der Waals surface area contributed by atoms with Crippen molar-refractivity contribution in [3.63, 3.8) is 0 Å². The first kappa shape index (κ1) is 21.0. The van der Waals surface area contributed by atoms with Crippen LogP contribution in [-0.4, -0.2) is 50.0 Å². The molecule has 2 rings (SSSR count). The highest BCUT2D eigenvalue weighted by atomic mass is 127. The molecule has 2 N–H and O–H groups in total. The smallest absolute Gasteiger partial charge is 0.252 e. The lowest BCUT2D eigenvalue weighted by Gasteiger charge is -2.23. The van der Waals surface area contributed by atoms with E-state index < -0.39 is 0 Å². The zero-order chi connectivity index (χ0) is 16.9. The molecule has 0 spiro atoms. The van der Waals surface area contributed by atoms with Crippen LogP contribution in [-0.2, 0) is 0 Å². The summed E-state index contributed by atoms with van der Waals surface area (Å²) in [5, 5.41) is 6.63. The summed E-state index contributed by atoms with van der Waals surface area (Å²) in [5.74, 6) is 0.734. The number of guanidine groups is 1. The molecule has 0 radical (unpaired) electrons. The first-order chi connectivity index (χ1) is 10.9. The second-order valence-corrected chi connectivity index (χ2v) is 6.95. The van der Waals surface area contributed by atoms with E-state index in [2.05, 4.69) is 34.4 Å². The van der Waals surface area contributed by atoms with Crippen LogP contribution in [0.3, 0.4) is 0 Å². The number of likely N-dealkylation sites (tertiary alicyclic amines) is 1. The van der Waals surface area contributed by atoms with Crippen LogP contribution >= 0.6 is 35.6 Å². The molecule has 1 fully saturated rings. The summed E-state index contributed by atoms with van der Waals surface area (Å²) in [6.45, 7) is 7.69. The van der Waals surface area contributed by atoms with Crippen molar-refractivity contribution in [3.8, 4) is 0 Å². The lowest BCUT2D eigenvalue weighted by Crippen LogP contribution is -2.43. The third kappa shape index (κ3) is 5.81. The Morgan fingerprint density at radius 2 is 1.96 bits per heavy atom. The van der Waals surface area contributed by atoms with Gasteiger partial charge in [0.2, 0.25) is 0 Å². The van der Waals surface area contributed by atoms with E-state index in [1.807, 2.05) is 6.07 Å². The molecule has 1 aliphatic rings. The number of nitrogens with zero attached hydrogens (tertiary/aromatic N) is 2. The van der Waals surface area contributed by atoms with Gasteiger partial charge in [-0.15, -0.1) is 24.0 Å². The monoisotopic (exact) mass is 464 g/mol. The van der Waals surface area contributed by atoms with E-state index in [-0.39, 0.29) is 29.9 Å². The molecular weight excluding hydrogens is 439 g/mol. The van der Waals surface area contributed by atoms with Crippen LogP contribution < -0.4 is 10.6 Å². The maximum absolute atomic E-state index is 12.1. The standard InChI is InChI=1S/C17H25ClN4O.HI/c1-17(2)8-11-22(12-17)16(19-3)21-10-9-20-15(23)13-6-4-5-7-14(13)18;/h4-7H,8-12H2,1-3H3,(H,19,21)(H,20,23);1H. The van der Waals surface area contributed by atoms with Gasteiger partial charge >= 0.3 is 0 Å². The van der Waals surface area contributed by atoms with Crippen LogP contribution in [0.15, 0.2) is 29.3 Å². The van der Waals surface area contributed by atoms with Gasteiger partial charge in [0, 0.05) is 33.2 Å². The Kier molecular flexibility index (Phi) is 8.29. The fourth-order valence-electron chi connectivity index (χ4n) is 2.72. The topological polar surface area (TPSA) is 56.7 Å². The molecule has 0 aromatic heterocycles. The summed E-state index contributed by atoms with van der Waals surface area (Å²) in [6.07, 6.45) is 1.16. The van der Waals surface area contributed by atoms with E-state index in [4.69, 9.17) is 11.6 Å². The molecule has 24 heavy (non-hydrogen) atoms. The number of hydrogen-bond acceptors (Lipinski definition) is 2. The van der Waals surface area contributed by atoms with Crippen molar-refractivity contribution in [1.29, 1.82) is 0 Å². The molecule has 1 amide bonds. The summed E-state index contributed by atoms with van der Waals surface area (Å²) in [7, 11) is 1.79. The summed E-state index contributed by atoms with van der Waals surface area (Å²) in [4.78, 5) is 18.6. The summed E-state index contributed by atoms with van der Waals surface area (Å²) < 4.78 is 0. The third-order valence-electron chi connectivity index (χ3n) is 4.00. The minimum absolute atomic E-state index is 0. The second-order valence-electron chi connectivity index (χ2n) is 6.55. The summed E-state index contributed by atoms with van der Waals surface area (Å²) in [6, 6.07) is 7.04. The minimum Gasteiger partial charge on any atom is -0.354 e. The zero-order valence-corrected chi connectivity index (χ0v) is 17.5. The molecule has 0 aliphatic carbocycles. The van der Waals surface area contributed by atoms with Crippen LogP contribution in [0, 0.1) is 5.41 Å². The fraction of sp³-hybridized carbons (Fsp3) is 0.529. The molecule has 1 aromatic carbocycles. The van der Waals surface area contributed by atoms with Crippen LogP contribution in [0.25, 0.3) is 0 Å². The van der Waals surface area contributed by atoms with Gasteiger partial charge in [0.1, 0.15) is 0 Å². The Labute approximate surface area is 166 Å². The number of hydrogen-bond donors (Lipinski definition) is 2. The van der Waals surface area contributed by atoms with Crippen molar-refractivity contribution >= 4 is 47.4 Å². The molecule has 7 heteroatoms. The van der Waals surface area contributed by atoms with Crippen molar-refractivity contribution in [2.75, 3.05) is 33.2 Å². The number of amides is 1. The quantitative estimate of drug-likeness (QED) is 0.312. The van der Waals surface area contributed by atoms with Gasteiger partial charge in [0.15, 0.2) is 5.96 Å². The molecule has 0 bridgehead atoms. The molecule has 0 atom stereocenters. The SMILES string of the molecule is CN=C(NCCNC(=O)c1ccccc1Cl)N1CCC(C)(C)C1.I. The van der Waals surface area contributed by atoms with E-state index in [0.29, 0.717) is 29.1 Å². The van der Waals surface area contributed by atoms with Gasteiger partial charge in [0.25, 0.3) is 5.91 Å². The van der Waals surface area contributed by atoms with Gasteiger partial charge in [0.05, 0.1) is 10.6 Å². The van der Waals surface area contributed by atoms with Crippen molar-refractivity contribution in [3.05, 3.63) is 34.9 Å². The highest BCUT2D eigenvalue weighted by molar-refractivity contribution is 14.0. The molecule has 1 heterocycles. The van der Waals surface area contributed by atoms with Crippen molar-refractivity contribution < 1.29 is 4.79 Å². The van der Waals surface area contributed by atoms with Gasteiger partial charge in [-0.3, -0.25) is 9.79 Å². The Morgan fingerprint density at radius 3 is 2.54 bits per heavy atom. The van der Waals surface area contributed by atoms with E-state index >= 15 is 0 Å². The van der Waals surface area contributed by atoms with Crippen LogP contribution in [0.5, 0.6) is 0 Å². The molecule has 1 aromatic rings. The molecule has 1 saturated heterocycles. The second kappa shape index (κ2) is 9.46. The van der Waals surface area contributed by atoms with Crippen molar-refractivity contribution in [2.45, 2.75) is 20.3 Å². The first-order valence-corrected chi connectivity index (χ1v) is 8.29. The fourth-order valence-corrected chi connectivity index (χ4v) is 2.94. The number of carbonyl (C=O) groups is 1. The normalized spacial score (nSPS) is 16.5. The van der Waals surface area contributed by atoms with Crippen LogP contribution in [0.2, 0.25) is 5.02 Å². The zero-order valence-electron chi connectivity index (χ0n) is 14.4. The molecule has 0 unspecified atom stereocenters. The average molecular weight is 465 g/mol. The Morgan fingerprint density at radius 1 is 1.29 bits per heavy atom. The first-order valence-electron chi connectivity index (χ1n) is 7.91. The predicted octanol–water partition coefficient (Wildman–Crippen LogP) is 3.00. The number of benzene rings is 1. The maximum atomic E-state index is 12.1. The van der Waals surface area contributed by atoms with E-state index in [9.17, 15) is 4.79 Å². The Balaban J connectivity index is 0.00000288. The van der Waals surface area contributed by atoms with Crippen LogP contribution in [0.4, 0.5) is 0 Å². The highest BCUT2D eigenvalue weighted by Crippen LogP contribution is 2.28. The lowest BCUT2D eigenvalue weighted by atomic mass is 9.93. The highest BCUT2D eigenvalue weighted by Gasteiger charge is 2.30. The largest absolute Gasteiger partial charge is 0.354 e. The molecular formula is C17H26ClIN4O. The molecule has 134 valence electrons. The molecule has 0 saturated carbocycles. The van der Waals surface area contributed by atoms with Crippen molar-refractivity contribution in [1.82, 2.24) is 15.5 Å². The summed E-state index contributed by atoms with van der Waals surface area (Å²) in [5.41, 5.74) is 0.829. The average Bonchev–Trinajstić information content (AvgIpc) is 2.87. The van der Waals surface area contributed by atoms with Gasteiger partial charge < -0.3 is 15.5 Å². The number of carbonyl (C=O) groups excluding carboxylic acids is 1. The minimum atomic E-state index is -0.158. The molecule has 1 aliphatic heterocycles. The summed E-state index contributed by atoms with van der Waals surface area (Å²) >= 11 is 6.02. The van der Waals surface area contributed by atoms with E-state index in [0.717, 1.165) is 25.5 Å².